The largest absolute Gasteiger partial charge is 0.376 e. The number of imidazole rings is 1. The number of ether oxygens (including phenoxy) is 1. The van der Waals surface area contributed by atoms with Gasteiger partial charge in [0.1, 0.15) is 11.3 Å². The monoisotopic (exact) mass is 284 g/mol. The highest BCUT2D eigenvalue weighted by Crippen LogP contribution is 2.29. The first kappa shape index (κ1) is 12.7. The molecule has 1 fully saturated rings. The van der Waals surface area contributed by atoms with E-state index in [0.717, 1.165) is 25.5 Å². The summed E-state index contributed by atoms with van der Waals surface area (Å²) in [6.07, 6.45) is 1.98. The molecule has 0 spiro atoms. The van der Waals surface area contributed by atoms with Gasteiger partial charge in [0, 0.05) is 12.7 Å². The summed E-state index contributed by atoms with van der Waals surface area (Å²) < 4.78 is 34.9. The van der Waals surface area contributed by atoms with Crippen molar-refractivity contribution in [1.82, 2.24) is 9.55 Å². The lowest BCUT2D eigenvalue weighted by Gasteiger charge is -2.20. The summed E-state index contributed by atoms with van der Waals surface area (Å²) in [7, 11) is 0. The summed E-state index contributed by atoms with van der Waals surface area (Å²) in [4.78, 5) is 2.81. The number of rotatable bonds is 2. The molecular formula is C13H14F2N2OS. The van der Waals surface area contributed by atoms with Crippen molar-refractivity contribution < 1.29 is 13.5 Å². The number of fused-ring (bicyclic) bond motifs is 1. The quantitative estimate of drug-likeness (QED) is 0.852. The molecule has 1 aliphatic heterocycles. The SMILES string of the molecule is CC(C1CCCO1)n1c(=S)[nH]c2c(F)cc(F)cc21. The van der Waals surface area contributed by atoms with Crippen LogP contribution in [0.1, 0.15) is 25.8 Å². The Labute approximate surface area is 114 Å². The normalized spacial score (nSPS) is 21.1. The van der Waals surface area contributed by atoms with Gasteiger partial charge >= 0.3 is 0 Å². The number of benzene rings is 1. The van der Waals surface area contributed by atoms with Crippen molar-refractivity contribution in [2.75, 3.05) is 6.61 Å². The van der Waals surface area contributed by atoms with Crippen molar-refractivity contribution in [3.63, 3.8) is 0 Å². The van der Waals surface area contributed by atoms with Crippen molar-refractivity contribution in [3.8, 4) is 0 Å². The predicted octanol–water partition coefficient (Wildman–Crippen LogP) is 3.72. The van der Waals surface area contributed by atoms with Crippen LogP contribution in [0.2, 0.25) is 0 Å². The maximum absolute atomic E-state index is 13.7. The van der Waals surface area contributed by atoms with E-state index in [1.807, 2.05) is 6.92 Å². The van der Waals surface area contributed by atoms with E-state index in [1.165, 1.54) is 6.07 Å². The Bertz CT molecular complexity index is 673. The van der Waals surface area contributed by atoms with E-state index >= 15 is 0 Å². The molecule has 19 heavy (non-hydrogen) atoms. The van der Waals surface area contributed by atoms with E-state index in [2.05, 4.69) is 4.98 Å². The van der Waals surface area contributed by atoms with Gasteiger partial charge in [-0.1, -0.05) is 0 Å². The van der Waals surface area contributed by atoms with Gasteiger partial charge in [0.15, 0.2) is 10.6 Å². The Morgan fingerprint density at radius 2 is 2.26 bits per heavy atom. The second-order valence-electron chi connectivity index (χ2n) is 4.87. The fraction of sp³-hybridized carbons (Fsp3) is 0.462. The summed E-state index contributed by atoms with van der Waals surface area (Å²) >= 11 is 5.23. The number of hydrogen-bond donors (Lipinski definition) is 1. The lowest BCUT2D eigenvalue weighted by atomic mass is 10.1. The molecule has 1 aromatic heterocycles. The highest BCUT2D eigenvalue weighted by molar-refractivity contribution is 7.71. The third kappa shape index (κ3) is 2.08. The zero-order chi connectivity index (χ0) is 13.6. The third-order valence-electron chi connectivity index (χ3n) is 3.65. The maximum atomic E-state index is 13.7. The van der Waals surface area contributed by atoms with Crippen LogP contribution >= 0.6 is 12.2 Å². The molecule has 0 amide bonds. The zero-order valence-corrected chi connectivity index (χ0v) is 11.3. The Kier molecular flexibility index (Phi) is 3.14. The molecule has 3 nitrogen and oxygen atoms in total. The summed E-state index contributed by atoms with van der Waals surface area (Å²) in [6, 6.07) is 2.11. The van der Waals surface area contributed by atoms with E-state index in [4.69, 9.17) is 17.0 Å². The van der Waals surface area contributed by atoms with Crippen molar-refractivity contribution in [2.24, 2.45) is 0 Å². The lowest BCUT2D eigenvalue weighted by molar-refractivity contribution is 0.0741. The summed E-state index contributed by atoms with van der Waals surface area (Å²) in [5, 5.41) is 0. The van der Waals surface area contributed by atoms with Gasteiger partial charge in [-0.05, 0) is 38.0 Å². The third-order valence-corrected chi connectivity index (χ3v) is 3.95. The van der Waals surface area contributed by atoms with E-state index in [9.17, 15) is 8.78 Å². The molecule has 0 bridgehead atoms. The minimum atomic E-state index is -0.626. The van der Waals surface area contributed by atoms with Gasteiger partial charge in [-0.25, -0.2) is 8.78 Å². The van der Waals surface area contributed by atoms with Crippen LogP contribution in [0, 0.1) is 16.4 Å². The maximum Gasteiger partial charge on any atom is 0.178 e. The fourth-order valence-electron chi connectivity index (χ4n) is 2.70. The number of halogens is 2. The lowest BCUT2D eigenvalue weighted by Crippen LogP contribution is -2.20. The van der Waals surface area contributed by atoms with Crippen molar-refractivity contribution >= 4 is 23.3 Å². The smallest absolute Gasteiger partial charge is 0.178 e. The molecule has 0 radical (unpaired) electrons. The molecule has 102 valence electrons. The number of aromatic amines is 1. The van der Waals surface area contributed by atoms with Gasteiger partial charge in [-0.3, -0.25) is 0 Å². The highest BCUT2D eigenvalue weighted by Gasteiger charge is 2.26. The molecular weight excluding hydrogens is 270 g/mol. The van der Waals surface area contributed by atoms with Crippen LogP contribution in [0.15, 0.2) is 12.1 Å². The molecule has 0 aliphatic carbocycles. The minimum absolute atomic E-state index is 0.0389. The topological polar surface area (TPSA) is 29.9 Å². The molecule has 3 rings (SSSR count). The molecule has 1 saturated heterocycles. The van der Waals surface area contributed by atoms with Crippen LogP contribution < -0.4 is 0 Å². The van der Waals surface area contributed by atoms with Crippen molar-refractivity contribution in [2.45, 2.75) is 31.9 Å². The first-order valence-electron chi connectivity index (χ1n) is 6.29. The molecule has 2 aromatic rings. The van der Waals surface area contributed by atoms with Crippen LogP contribution in [-0.4, -0.2) is 22.3 Å². The molecule has 1 aliphatic rings. The van der Waals surface area contributed by atoms with Crippen molar-refractivity contribution in [1.29, 1.82) is 0 Å². The molecule has 1 N–H and O–H groups in total. The van der Waals surface area contributed by atoms with Gasteiger partial charge in [-0.15, -0.1) is 0 Å². The Morgan fingerprint density at radius 3 is 2.95 bits per heavy atom. The zero-order valence-electron chi connectivity index (χ0n) is 10.5. The Balaban J connectivity index is 2.17. The van der Waals surface area contributed by atoms with Gasteiger partial charge in [0.25, 0.3) is 0 Å². The number of H-pyrrole nitrogens is 1. The van der Waals surface area contributed by atoms with Crippen LogP contribution in [0.3, 0.4) is 0 Å². The van der Waals surface area contributed by atoms with Gasteiger partial charge in [0.2, 0.25) is 0 Å². The summed E-state index contributed by atoms with van der Waals surface area (Å²) in [6.45, 7) is 2.69. The standard InChI is InChI=1S/C13H14F2N2OS/c1-7(11-3-2-4-18-11)17-10-6-8(14)5-9(15)12(10)16-13(17)19/h5-7,11H,2-4H2,1H3,(H,16,19). The average Bonchev–Trinajstić information content (AvgIpc) is 2.95. The first-order chi connectivity index (χ1) is 9.08. The van der Waals surface area contributed by atoms with E-state index in [0.29, 0.717) is 10.3 Å². The van der Waals surface area contributed by atoms with Gasteiger partial charge < -0.3 is 14.3 Å². The summed E-state index contributed by atoms with van der Waals surface area (Å²) in [5.41, 5.74) is 0.696. The minimum Gasteiger partial charge on any atom is -0.376 e. The molecule has 2 atom stereocenters. The predicted molar refractivity (Wildman–Crippen MR) is 70.7 cm³/mol. The van der Waals surface area contributed by atoms with Crippen LogP contribution in [0.25, 0.3) is 11.0 Å². The van der Waals surface area contributed by atoms with E-state index < -0.39 is 11.6 Å². The Morgan fingerprint density at radius 1 is 1.47 bits per heavy atom. The van der Waals surface area contributed by atoms with Gasteiger partial charge in [-0.2, -0.15) is 0 Å². The van der Waals surface area contributed by atoms with Gasteiger partial charge in [0.05, 0.1) is 17.7 Å². The molecule has 1 aromatic carbocycles. The molecule has 2 unspecified atom stereocenters. The number of nitrogens with zero attached hydrogens (tertiary/aromatic N) is 1. The van der Waals surface area contributed by atoms with Crippen LogP contribution in [0.4, 0.5) is 8.78 Å². The average molecular weight is 284 g/mol. The van der Waals surface area contributed by atoms with Crippen LogP contribution in [0.5, 0.6) is 0 Å². The second kappa shape index (κ2) is 4.68. The number of hydrogen-bond acceptors (Lipinski definition) is 2. The number of aromatic nitrogens is 2. The Hall–Kier alpha value is -1.27. The number of nitrogens with one attached hydrogen (secondary N) is 1. The summed E-state index contributed by atoms with van der Waals surface area (Å²) in [5.74, 6) is -1.23. The molecule has 2 heterocycles. The highest BCUT2D eigenvalue weighted by atomic mass is 32.1. The van der Waals surface area contributed by atoms with E-state index in [-0.39, 0.29) is 17.7 Å². The van der Waals surface area contributed by atoms with Crippen LogP contribution in [-0.2, 0) is 4.74 Å². The van der Waals surface area contributed by atoms with E-state index in [1.54, 1.807) is 4.57 Å². The fourth-order valence-corrected chi connectivity index (χ4v) is 3.07. The van der Waals surface area contributed by atoms with Crippen molar-refractivity contribution in [3.05, 3.63) is 28.5 Å². The first-order valence-corrected chi connectivity index (χ1v) is 6.69. The second-order valence-corrected chi connectivity index (χ2v) is 5.26. The molecule has 0 saturated carbocycles. The molecule has 6 heteroatoms.